The summed E-state index contributed by atoms with van der Waals surface area (Å²) in [5.41, 5.74) is 6.65. The van der Waals surface area contributed by atoms with Crippen LogP contribution in [0.2, 0.25) is 0 Å². The first-order chi connectivity index (χ1) is 14.1. The molecule has 0 aliphatic carbocycles. The lowest BCUT2D eigenvalue weighted by molar-refractivity contribution is 0.0958. The first-order valence-electron chi connectivity index (χ1n) is 9.79. The Morgan fingerprint density at radius 1 is 1.10 bits per heavy atom. The molecule has 1 heterocycles. The number of nitrogens with zero attached hydrogens (tertiary/aromatic N) is 3. The lowest BCUT2D eigenvalue weighted by Gasteiger charge is -2.20. The van der Waals surface area contributed by atoms with Crippen LogP contribution in [0.25, 0.3) is 0 Å². The highest BCUT2D eigenvalue weighted by atomic mass is 32.1. The number of nitrogens with one attached hydrogen (secondary N) is 1. The predicted molar refractivity (Wildman–Crippen MR) is 121 cm³/mol. The first-order valence-corrected chi connectivity index (χ1v) is 10.6. The van der Waals surface area contributed by atoms with E-state index in [1.165, 1.54) is 22.6 Å². The predicted octanol–water partition coefficient (Wildman–Crippen LogP) is 4.65. The van der Waals surface area contributed by atoms with Crippen molar-refractivity contribution in [3.05, 3.63) is 81.3 Å². The smallest absolute Gasteiger partial charge is 0.283 e. The second kappa shape index (κ2) is 9.98. The Bertz CT molecular complexity index is 960. The Morgan fingerprint density at radius 2 is 1.79 bits per heavy atom. The lowest BCUT2D eigenvalue weighted by Crippen LogP contribution is -2.21. The van der Waals surface area contributed by atoms with Crippen LogP contribution >= 0.6 is 11.3 Å². The summed E-state index contributed by atoms with van der Waals surface area (Å²) in [6.07, 6.45) is 2.38. The molecule has 5 nitrogen and oxygen atoms in total. The van der Waals surface area contributed by atoms with Gasteiger partial charge < -0.3 is 4.90 Å². The lowest BCUT2D eigenvalue weighted by atomic mass is 10.2. The number of carbonyl (C=O) groups excluding carboxylic acids is 1. The third kappa shape index (κ3) is 5.51. The molecule has 1 N–H and O–H groups in total. The van der Waals surface area contributed by atoms with E-state index in [9.17, 15) is 4.79 Å². The van der Waals surface area contributed by atoms with Crippen LogP contribution in [0.5, 0.6) is 0 Å². The fourth-order valence-corrected chi connectivity index (χ4v) is 4.07. The molecule has 0 unspecified atom stereocenters. The minimum atomic E-state index is -0.227. The van der Waals surface area contributed by atoms with E-state index in [1.807, 2.05) is 37.3 Å². The Hall–Kier alpha value is -2.99. The molecular weight excluding hydrogens is 380 g/mol. The zero-order chi connectivity index (χ0) is 20.6. The molecule has 0 fully saturated rings. The van der Waals surface area contributed by atoms with E-state index in [4.69, 9.17) is 0 Å². The number of rotatable bonds is 8. The summed E-state index contributed by atoms with van der Waals surface area (Å²) < 4.78 is 0. The third-order valence-electron chi connectivity index (χ3n) is 4.65. The van der Waals surface area contributed by atoms with Crippen molar-refractivity contribution in [3.8, 4) is 0 Å². The fraction of sp³-hybridized carbons (Fsp3) is 0.261. The van der Waals surface area contributed by atoms with Crippen LogP contribution in [0.1, 0.15) is 45.3 Å². The summed E-state index contributed by atoms with van der Waals surface area (Å²) in [5, 5.41) is 5.03. The van der Waals surface area contributed by atoms with Gasteiger partial charge in [-0.1, -0.05) is 42.5 Å². The van der Waals surface area contributed by atoms with E-state index in [0.29, 0.717) is 4.88 Å². The Morgan fingerprint density at radius 3 is 2.45 bits per heavy atom. The van der Waals surface area contributed by atoms with Gasteiger partial charge in [0.1, 0.15) is 4.88 Å². The molecule has 3 rings (SSSR count). The number of aryl methyl sites for hydroxylation is 1. The van der Waals surface area contributed by atoms with Crippen LogP contribution in [0.4, 0.5) is 5.69 Å². The van der Waals surface area contributed by atoms with Gasteiger partial charge in [0.25, 0.3) is 5.91 Å². The number of hydrogen-bond donors (Lipinski definition) is 1. The number of carbonyl (C=O) groups is 1. The van der Waals surface area contributed by atoms with Gasteiger partial charge in [-0.3, -0.25) is 4.79 Å². The zero-order valence-corrected chi connectivity index (χ0v) is 17.9. The van der Waals surface area contributed by atoms with Gasteiger partial charge >= 0.3 is 0 Å². The molecule has 0 bridgehead atoms. The van der Waals surface area contributed by atoms with Crippen LogP contribution in [0, 0.1) is 6.92 Å². The molecule has 0 saturated heterocycles. The molecule has 1 aromatic heterocycles. The number of hydrogen-bond acceptors (Lipinski definition) is 5. The molecule has 29 heavy (non-hydrogen) atoms. The first kappa shape index (κ1) is 20.7. The molecule has 1 amide bonds. The van der Waals surface area contributed by atoms with Crippen LogP contribution < -0.4 is 10.3 Å². The van der Waals surface area contributed by atoms with E-state index in [1.54, 1.807) is 6.21 Å². The molecule has 3 aromatic rings. The molecular formula is C23H26N4OS. The molecule has 0 spiro atoms. The summed E-state index contributed by atoms with van der Waals surface area (Å²) in [5.74, 6) is -0.227. The van der Waals surface area contributed by atoms with E-state index in [-0.39, 0.29) is 5.91 Å². The van der Waals surface area contributed by atoms with Gasteiger partial charge in [-0.25, -0.2) is 10.4 Å². The zero-order valence-electron chi connectivity index (χ0n) is 17.1. The van der Waals surface area contributed by atoms with Crippen molar-refractivity contribution in [1.29, 1.82) is 0 Å². The Balaban J connectivity index is 1.60. The SMILES string of the molecule is CCN(CC)c1ccc(/C=N/NC(=O)c2sc(Cc3ccccc3)nc2C)cc1. The van der Waals surface area contributed by atoms with Crippen molar-refractivity contribution in [2.75, 3.05) is 18.0 Å². The highest BCUT2D eigenvalue weighted by Gasteiger charge is 2.15. The van der Waals surface area contributed by atoms with E-state index in [2.05, 4.69) is 58.5 Å². The molecule has 0 aliphatic heterocycles. The quantitative estimate of drug-likeness (QED) is 0.437. The normalized spacial score (nSPS) is 11.0. The highest BCUT2D eigenvalue weighted by molar-refractivity contribution is 7.13. The van der Waals surface area contributed by atoms with Gasteiger partial charge in [-0.2, -0.15) is 5.10 Å². The maximum absolute atomic E-state index is 12.5. The van der Waals surface area contributed by atoms with Crippen molar-refractivity contribution in [2.45, 2.75) is 27.2 Å². The van der Waals surface area contributed by atoms with Crippen molar-refractivity contribution in [1.82, 2.24) is 10.4 Å². The van der Waals surface area contributed by atoms with Gasteiger partial charge in [0.2, 0.25) is 0 Å². The topological polar surface area (TPSA) is 57.6 Å². The summed E-state index contributed by atoms with van der Waals surface area (Å²) in [7, 11) is 0. The number of aromatic nitrogens is 1. The molecule has 6 heteroatoms. The van der Waals surface area contributed by atoms with Gasteiger partial charge in [-0.05, 0) is 44.0 Å². The summed E-state index contributed by atoms with van der Waals surface area (Å²) in [6, 6.07) is 18.3. The van der Waals surface area contributed by atoms with Crippen molar-refractivity contribution in [2.24, 2.45) is 5.10 Å². The molecule has 0 saturated carbocycles. The second-order valence-electron chi connectivity index (χ2n) is 6.65. The van der Waals surface area contributed by atoms with Crippen molar-refractivity contribution >= 4 is 29.1 Å². The summed E-state index contributed by atoms with van der Waals surface area (Å²) in [4.78, 5) is 19.9. The fourth-order valence-electron chi connectivity index (χ4n) is 3.09. The van der Waals surface area contributed by atoms with Crippen LogP contribution in [0.3, 0.4) is 0 Å². The van der Waals surface area contributed by atoms with Crippen molar-refractivity contribution in [3.63, 3.8) is 0 Å². The van der Waals surface area contributed by atoms with E-state index in [0.717, 1.165) is 35.8 Å². The minimum Gasteiger partial charge on any atom is -0.372 e. The standard InChI is InChI=1S/C23H26N4OS/c1-4-27(5-2)20-13-11-19(12-14-20)16-24-26-23(28)22-17(3)25-21(29-22)15-18-9-7-6-8-10-18/h6-14,16H,4-5,15H2,1-3H3,(H,26,28)/b24-16+. The maximum Gasteiger partial charge on any atom is 0.283 e. The number of hydrazone groups is 1. The Labute approximate surface area is 176 Å². The average molecular weight is 407 g/mol. The number of thiazole rings is 1. The second-order valence-corrected chi connectivity index (χ2v) is 7.73. The van der Waals surface area contributed by atoms with E-state index >= 15 is 0 Å². The molecule has 0 radical (unpaired) electrons. The number of anilines is 1. The van der Waals surface area contributed by atoms with Gasteiger partial charge in [0.05, 0.1) is 16.9 Å². The Kier molecular flexibility index (Phi) is 7.14. The van der Waals surface area contributed by atoms with Crippen molar-refractivity contribution < 1.29 is 4.79 Å². The van der Waals surface area contributed by atoms with Gasteiger partial charge in [0.15, 0.2) is 0 Å². The number of benzene rings is 2. The summed E-state index contributed by atoms with van der Waals surface area (Å²) in [6.45, 7) is 8.08. The monoisotopic (exact) mass is 406 g/mol. The van der Waals surface area contributed by atoms with Gasteiger partial charge in [-0.15, -0.1) is 11.3 Å². The molecule has 0 aliphatic rings. The highest BCUT2D eigenvalue weighted by Crippen LogP contribution is 2.21. The molecule has 150 valence electrons. The van der Waals surface area contributed by atoms with Crippen LogP contribution in [-0.2, 0) is 6.42 Å². The van der Waals surface area contributed by atoms with Gasteiger partial charge in [0, 0.05) is 25.2 Å². The molecule has 2 aromatic carbocycles. The number of amides is 1. The van der Waals surface area contributed by atoms with Crippen LogP contribution in [-0.4, -0.2) is 30.2 Å². The molecule has 0 atom stereocenters. The minimum absolute atomic E-state index is 0.227. The largest absolute Gasteiger partial charge is 0.372 e. The maximum atomic E-state index is 12.5. The summed E-state index contributed by atoms with van der Waals surface area (Å²) >= 11 is 1.42. The van der Waals surface area contributed by atoms with E-state index < -0.39 is 0 Å². The van der Waals surface area contributed by atoms with Crippen LogP contribution in [0.15, 0.2) is 59.7 Å². The third-order valence-corrected chi connectivity index (χ3v) is 5.80. The average Bonchev–Trinajstić information content (AvgIpc) is 3.11.